The van der Waals surface area contributed by atoms with Crippen LogP contribution in [-0.2, 0) is 16.1 Å². The molecule has 102 valence electrons. The van der Waals surface area contributed by atoms with Gasteiger partial charge in [-0.15, -0.1) is 0 Å². The average Bonchev–Trinajstić information content (AvgIpc) is 2.72. The van der Waals surface area contributed by atoms with Gasteiger partial charge in [0.15, 0.2) is 0 Å². The predicted molar refractivity (Wildman–Crippen MR) is 75.3 cm³/mol. The molecular formula is C16H21NO2. The van der Waals surface area contributed by atoms with Crippen LogP contribution in [0.2, 0.25) is 0 Å². The largest absolute Gasteiger partial charge is 0.466 e. The Morgan fingerprint density at radius 2 is 1.95 bits per heavy atom. The quantitative estimate of drug-likeness (QED) is 0.845. The van der Waals surface area contributed by atoms with Gasteiger partial charge in [0.2, 0.25) is 0 Å². The van der Waals surface area contributed by atoms with Crippen LogP contribution in [0.5, 0.6) is 0 Å². The summed E-state index contributed by atoms with van der Waals surface area (Å²) >= 11 is 0. The number of carbonyl (C=O) groups excluding carboxylic acids is 1. The van der Waals surface area contributed by atoms with Gasteiger partial charge in [-0.3, -0.25) is 0 Å². The maximum atomic E-state index is 11.8. The van der Waals surface area contributed by atoms with E-state index in [0.29, 0.717) is 0 Å². The molecule has 19 heavy (non-hydrogen) atoms. The molecule has 1 N–H and O–H groups in total. The van der Waals surface area contributed by atoms with Gasteiger partial charge in [-0.05, 0) is 23.8 Å². The van der Waals surface area contributed by atoms with Crippen molar-refractivity contribution in [1.82, 2.24) is 5.32 Å². The summed E-state index contributed by atoms with van der Waals surface area (Å²) in [6.45, 7) is 5.09. The molecule has 0 fully saturated rings. The molecule has 0 amide bonds. The van der Waals surface area contributed by atoms with Crippen molar-refractivity contribution in [3.05, 3.63) is 47.2 Å². The van der Waals surface area contributed by atoms with Crippen LogP contribution >= 0.6 is 0 Å². The van der Waals surface area contributed by atoms with Crippen LogP contribution in [-0.4, -0.2) is 13.1 Å². The molecule has 1 aliphatic carbocycles. The molecular weight excluding hydrogens is 238 g/mol. The second-order valence-corrected chi connectivity index (χ2v) is 5.81. The van der Waals surface area contributed by atoms with Gasteiger partial charge in [0, 0.05) is 12.2 Å². The molecule has 0 aromatic heterocycles. The van der Waals surface area contributed by atoms with E-state index in [0.717, 1.165) is 30.7 Å². The summed E-state index contributed by atoms with van der Waals surface area (Å²) in [6, 6.07) is 10.2. The van der Waals surface area contributed by atoms with Gasteiger partial charge in [0.1, 0.15) is 0 Å². The molecule has 0 spiro atoms. The Labute approximate surface area is 114 Å². The Bertz CT molecular complexity index is 489. The molecule has 0 aliphatic heterocycles. The highest BCUT2D eigenvalue weighted by Crippen LogP contribution is 2.40. The topological polar surface area (TPSA) is 38.3 Å². The van der Waals surface area contributed by atoms with Crippen molar-refractivity contribution >= 4 is 5.97 Å². The van der Waals surface area contributed by atoms with E-state index in [-0.39, 0.29) is 11.4 Å². The minimum absolute atomic E-state index is 0.128. The molecule has 0 unspecified atom stereocenters. The Morgan fingerprint density at radius 1 is 1.26 bits per heavy atom. The molecule has 1 aromatic carbocycles. The number of ether oxygens (including phenoxy) is 1. The van der Waals surface area contributed by atoms with Gasteiger partial charge in [-0.25, -0.2) is 4.79 Å². The van der Waals surface area contributed by atoms with E-state index >= 15 is 0 Å². The van der Waals surface area contributed by atoms with Crippen LogP contribution in [0.1, 0.15) is 32.3 Å². The standard InChI is InChI=1S/C16H21NO2/c1-16(2)9-13(15(18)19-3)14(10-16)17-11-12-7-5-4-6-8-12/h4-8,17H,9-11H2,1-3H3. The first-order chi connectivity index (χ1) is 9.02. The zero-order valence-electron chi connectivity index (χ0n) is 11.8. The molecule has 1 aromatic rings. The Hall–Kier alpha value is -1.77. The minimum Gasteiger partial charge on any atom is -0.466 e. The zero-order chi connectivity index (χ0) is 13.9. The Morgan fingerprint density at radius 3 is 2.58 bits per heavy atom. The van der Waals surface area contributed by atoms with E-state index in [1.54, 1.807) is 0 Å². The van der Waals surface area contributed by atoms with Crippen LogP contribution in [0.3, 0.4) is 0 Å². The summed E-state index contributed by atoms with van der Waals surface area (Å²) in [4.78, 5) is 11.8. The van der Waals surface area contributed by atoms with Crippen molar-refractivity contribution < 1.29 is 9.53 Å². The van der Waals surface area contributed by atoms with E-state index in [1.807, 2.05) is 18.2 Å². The maximum Gasteiger partial charge on any atom is 0.335 e. The lowest BCUT2D eigenvalue weighted by atomic mass is 9.89. The number of hydrogen-bond donors (Lipinski definition) is 1. The lowest BCUT2D eigenvalue weighted by molar-refractivity contribution is -0.136. The second-order valence-electron chi connectivity index (χ2n) is 5.81. The smallest absolute Gasteiger partial charge is 0.335 e. The number of esters is 1. The Kier molecular flexibility index (Phi) is 3.93. The van der Waals surface area contributed by atoms with Crippen LogP contribution in [0.25, 0.3) is 0 Å². The fraction of sp³-hybridized carbons (Fsp3) is 0.438. The van der Waals surface area contributed by atoms with Crippen molar-refractivity contribution in [1.29, 1.82) is 0 Å². The third-order valence-corrected chi connectivity index (χ3v) is 3.46. The summed E-state index contributed by atoms with van der Waals surface area (Å²) in [5, 5.41) is 3.40. The van der Waals surface area contributed by atoms with Gasteiger partial charge < -0.3 is 10.1 Å². The van der Waals surface area contributed by atoms with Crippen molar-refractivity contribution in [2.24, 2.45) is 5.41 Å². The van der Waals surface area contributed by atoms with E-state index in [9.17, 15) is 4.79 Å². The van der Waals surface area contributed by atoms with Crippen LogP contribution < -0.4 is 5.32 Å². The highest BCUT2D eigenvalue weighted by atomic mass is 16.5. The maximum absolute atomic E-state index is 11.8. The number of nitrogens with one attached hydrogen (secondary N) is 1. The third kappa shape index (κ3) is 3.37. The van der Waals surface area contributed by atoms with Gasteiger partial charge in [0.05, 0.1) is 12.7 Å². The molecule has 0 saturated carbocycles. The van der Waals surface area contributed by atoms with E-state index in [1.165, 1.54) is 12.7 Å². The first kappa shape index (κ1) is 13.7. The SMILES string of the molecule is COC(=O)C1=C(NCc2ccccc2)CC(C)(C)C1. The molecule has 3 heteroatoms. The molecule has 0 atom stereocenters. The minimum atomic E-state index is -0.207. The number of carbonyl (C=O) groups is 1. The number of benzene rings is 1. The molecule has 0 radical (unpaired) electrons. The average molecular weight is 259 g/mol. The van der Waals surface area contributed by atoms with Crippen LogP contribution in [0.4, 0.5) is 0 Å². The van der Waals surface area contributed by atoms with E-state index in [2.05, 4.69) is 31.3 Å². The normalized spacial score (nSPS) is 17.4. The Balaban J connectivity index is 2.09. The van der Waals surface area contributed by atoms with Crippen LogP contribution in [0, 0.1) is 5.41 Å². The molecule has 0 heterocycles. The van der Waals surface area contributed by atoms with Crippen molar-refractivity contribution in [3.8, 4) is 0 Å². The van der Waals surface area contributed by atoms with Crippen LogP contribution in [0.15, 0.2) is 41.6 Å². The predicted octanol–water partition coefficient (Wildman–Crippen LogP) is 3.02. The van der Waals surface area contributed by atoms with Gasteiger partial charge in [-0.2, -0.15) is 0 Å². The molecule has 2 rings (SSSR count). The number of allylic oxidation sites excluding steroid dienone is 1. The molecule has 1 aliphatic rings. The van der Waals surface area contributed by atoms with E-state index in [4.69, 9.17) is 4.74 Å². The number of hydrogen-bond acceptors (Lipinski definition) is 3. The van der Waals surface area contributed by atoms with Gasteiger partial charge >= 0.3 is 5.97 Å². The summed E-state index contributed by atoms with van der Waals surface area (Å²) in [7, 11) is 1.44. The van der Waals surface area contributed by atoms with Crippen molar-refractivity contribution in [2.45, 2.75) is 33.2 Å². The number of methoxy groups -OCH3 is 1. The first-order valence-corrected chi connectivity index (χ1v) is 6.60. The summed E-state index contributed by atoms with van der Waals surface area (Å²) < 4.78 is 4.87. The van der Waals surface area contributed by atoms with Gasteiger partial charge in [0.25, 0.3) is 0 Å². The monoisotopic (exact) mass is 259 g/mol. The van der Waals surface area contributed by atoms with Gasteiger partial charge in [-0.1, -0.05) is 44.2 Å². The second kappa shape index (κ2) is 5.47. The number of rotatable bonds is 4. The highest BCUT2D eigenvalue weighted by molar-refractivity contribution is 5.90. The first-order valence-electron chi connectivity index (χ1n) is 6.60. The fourth-order valence-electron chi connectivity index (χ4n) is 2.53. The molecule has 3 nitrogen and oxygen atoms in total. The van der Waals surface area contributed by atoms with Crippen molar-refractivity contribution in [3.63, 3.8) is 0 Å². The summed E-state index contributed by atoms with van der Waals surface area (Å²) in [6.07, 6.45) is 1.67. The van der Waals surface area contributed by atoms with Crippen molar-refractivity contribution in [2.75, 3.05) is 7.11 Å². The zero-order valence-corrected chi connectivity index (χ0v) is 11.8. The molecule has 0 bridgehead atoms. The lowest BCUT2D eigenvalue weighted by Crippen LogP contribution is -2.16. The van der Waals surface area contributed by atoms with E-state index < -0.39 is 0 Å². The summed E-state index contributed by atoms with van der Waals surface area (Å²) in [5.41, 5.74) is 3.16. The third-order valence-electron chi connectivity index (χ3n) is 3.46. The fourth-order valence-corrected chi connectivity index (χ4v) is 2.53. The summed E-state index contributed by atoms with van der Waals surface area (Å²) in [5.74, 6) is -0.207. The highest BCUT2D eigenvalue weighted by Gasteiger charge is 2.34. The lowest BCUT2D eigenvalue weighted by Gasteiger charge is -2.17. The molecule has 0 saturated heterocycles.